The summed E-state index contributed by atoms with van der Waals surface area (Å²) in [6.07, 6.45) is 1.81. The van der Waals surface area contributed by atoms with E-state index in [0.717, 1.165) is 5.76 Å². The summed E-state index contributed by atoms with van der Waals surface area (Å²) in [6, 6.07) is 10.2. The summed E-state index contributed by atoms with van der Waals surface area (Å²) in [5, 5.41) is 2.76. The number of anilines is 1. The van der Waals surface area contributed by atoms with Gasteiger partial charge in [0, 0.05) is 25.4 Å². The number of hydrogen-bond donors (Lipinski definition) is 2. The van der Waals surface area contributed by atoms with Gasteiger partial charge in [-0.1, -0.05) is 19.1 Å². The SMILES string of the molecule is CCc1ccc(C(=O)Nc2ccccc2C(=O)N2CCC(C(N)=O)CC2)o1. The van der Waals surface area contributed by atoms with Crippen LogP contribution in [0.4, 0.5) is 5.69 Å². The third kappa shape index (κ3) is 4.19. The molecule has 142 valence electrons. The molecule has 0 bridgehead atoms. The summed E-state index contributed by atoms with van der Waals surface area (Å²) in [7, 11) is 0. The van der Waals surface area contributed by atoms with Gasteiger partial charge in [-0.05, 0) is 37.1 Å². The van der Waals surface area contributed by atoms with E-state index in [2.05, 4.69) is 5.32 Å². The number of primary amides is 1. The first-order valence-corrected chi connectivity index (χ1v) is 9.07. The molecule has 1 aromatic carbocycles. The summed E-state index contributed by atoms with van der Waals surface area (Å²) in [6.45, 7) is 2.87. The molecule has 1 aliphatic rings. The zero-order chi connectivity index (χ0) is 19.4. The van der Waals surface area contributed by atoms with Crippen molar-refractivity contribution in [1.82, 2.24) is 4.90 Å². The maximum Gasteiger partial charge on any atom is 0.291 e. The summed E-state index contributed by atoms with van der Waals surface area (Å²) >= 11 is 0. The van der Waals surface area contributed by atoms with E-state index in [4.69, 9.17) is 10.2 Å². The first-order chi connectivity index (χ1) is 13.0. The van der Waals surface area contributed by atoms with Gasteiger partial charge in [0.2, 0.25) is 5.91 Å². The van der Waals surface area contributed by atoms with Crippen LogP contribution in [0.15, 0.2) is 40.8 Å². The fourth-order valence-corrected chi connectivity index (χ4v) is 3.19. The van der Waals surface area contributed by atoms with Gasteiger partial charge in [-0.25, -0.2) is 0 Å². The Balaban J connectivity index is 1.73. The number of rotatable bonds is 5. The molecular weight excluding hydrogens is 346 g/mol. The zero-order valence-electron chi connectivity index (χ0n) is 15.2. The molecule has 0 saturated carbocycles. The minimum Gasteiger partial charge on any atom is -0.456 e. The van der Waals surface area contributed by atoms with Crippen molar-refractivity contribution in [2.24, 2.45) is 11.7 Å². The summed E-state index contributed by atoms with van der Waals surface area (Å²) in [4.78, 5) is 38.3. The van der Waals surface area contributed by atoms with Crippen LogP contribution in [0.1, 0.15) is 46.4 Å². The molecule has 3 amide bonds. The number of carbonyl (C=O) groups excluding carboxylic acids is 3. The average Bonchev–Trinajstić information content (AvgIpc) is 3.17. The standard InChI is InChI=1S/C20H23N3O4/c1-2-14-7-8-17(27-14)19(25)22-16-6-4-3-5-15(16)20(26)23-11-9-13(10-12-23)18(21)24/h3-8,13H,2,9-12H2,1H3,(H2,21,24)(H,22,25). The summed E-state index contributed by atoms with van der Waals surface area (Å²) < 4.78 is 5.47. The number of carbonyl (C=O) groups is 3. The van der Waals surface area contributed by atoms with Gasteiger partial charge in [0.05, 0.1) is 11.3 Å². The predicted octanol–water partition coefficient (Wildman–Crippen LogP) is 2.43. The van der Waals surface area contributed by atoms with Gasteiger partial charge in [-0.2, -0.15) is 0 Å². The first-order valence-electron chi connectivity index (χ1n) is 9.07. The van der Waals surface area contributed by atoms with Crippen LogP contribution in [0.2, 0.25) is 0 Å². The number of amides is 3. The topological polar surface area (TPSA) is 106 Å². The highest BCUT2D eigenvalue weighted by molar-refractivity contribution is 6.08. The van der Waals surface area contributed by atoms with Crippen LogP contribution in [0.5, 0.6) is 0 Å². The van der Waals surface area contributed by atoms with Crippen molar-refractivity contribution in [3.05, 3.63) is 53.5 Å². The second kappa shape index (κ2) is 8.07. The minimum absolute atomic E-state index is 0.178. The monoisotopic (exact) mass is 369 g/mol. The van der Waals surface area contributed by atoms with E-state index in [1.54, 1.807) is 41.3 Å². The van der Waals surface area contributed by atoms with Crippen LogP contribution in [0.3, 0.4) is 0 Å². The van der Waals surface area contributed by atoms with Crippen LogP contribution in [-0.4, -0.2) is 35.7 Å². The van der Waals surface area contributed by atoms with Gasteiger partial charge >= 0.3 is 0 Å². The van der Waals surface area contributed by atoms with Crippen molar-refractivity contribution in [2.75, 3.05) is 18.4 Å². The number of aryl methyl sites for hydroxylation is 1. The molecule has 3 N–H and O–H groups in total. The smallest absolute Gasteiger partial charge is 0.291 e. The molecule has 0 aliphatic carbocycles. The number of nitrogens with two attached hydrogens (primary N) is 1. The van der Waals surface area contributed by atoms with Crippen LogP contribution in [-0.2, 0) is 11.2 Å². The van der Waals surface area contributed by atoms with Crippen LogP contribution >= 0.6 is 0 Å². The van der Waals surface area contributed by atoms with E-state index >= 15 is 0 Å². The lowest BCUT2D eigenvalue weighted by Gasteiger charge is -2.31. The largest absolute Gasteiger partial charge is 0.456 e. The van der Waals surface area contributed by atoms with E-state index in [9.17, 15) is 14.4 Å². The van der Waals surface area contributed by atoms with Crippen molar-refractivity contribution >= 4 is 23.4 Å². The quantitative estimate of drug-likeness (QED) is 0.844. The lowest BCUT2D eigenvalue weighted by atomic mass is 9.95. The highest BCUT2D eigenvalue weighted by Gasteiger charge is 2.27. The van der Waals surface area contributed by atoms with Crippen LogP contribution in [0, 0.1) is 5.92 Å². The molecule has 0 unspecified atom stereocenters. The van der Waals surface area contributed by atoms with Crippen molar-refractivity contribution < 1.29 is 18.8 Å². The molecule has 27 heavy (non-hydrogen) atoms. The maximum absolute atomic E-state index is 12.9. The molecule has 2 heterocycles. The predicted molar refractivity (Wildman–Crippen MR) is 100 cm³/mol. The normalized spacial score (nSPS) is 14.8. The number of hydrogen-bond acceptors (Lipinski definition) is 4. The molecule has 0 spiro atoms. The number of piperidine rings is 1. The van der Waals surface area contributed by atoms with Gasteiger partial charge in [0.1, 0.15) is 5.76 Å². The molecule has 1 aliphatic heterocycles. The Morgan fingerprint density at radius 3 is 2.48 bits per heavy atom. The van der Waals surface area contributed by atoms with Gasteiger partial charge in [-0.3, -0.25) is 14.4 Å². The van der Waals surface area contributed by atoms with E-state index in [-0.39, 0.29) is 23.5 Å². The van der Waals surface area contributed by atoms with Crippen molar-refractivity contribution in [2.45, 2.75) is 26.2 Å². The van der Waals surface area contributed by atoms with Crippen LogP contribution < -0.4 is 11.1 Å². The number of furan rings is 1. The van der Waals surface area contributed by atoms with Gasteiger partial charge in [0.25, 0.3) is 11.8 Å². The Morgan fingerprint density at radius 2 is 1.85 bits per heavy atom. The Labute approximate surface area is 157 Å². The number of benzene rings is 1. The zero-order valence-corrected chi connectivity index (χ0v) is 15.2. The second-order valence-corrected chi connectivity index (χ2v) is 6.59. The molecule has 1 fully saturated rings. The van der Waals surface area contributed by atoms with E-state index < -0.39 is 5.91 Å². The summed E-state index contributed by atoms with van der Waals surface area (Å²) in [5.41, 5.74) is 6.18. The third-order valence-corrected chi connectivity index (χ3v) is 4.82. The summed E-state index contributed by atoms with van der Waals surface area (Å²) in [5.74, 6) is -0.154. The van der Waals surface area contributed by atoms with E-state index in [1.807, 2.05) is 6.92 Å². The average molecular weight is 369 g/mol. The fourth-order valence-electron chi connectivity index (χ4n) is 3.19. The van der Waals surface area contributed by atoms with Crippen LogP contribution in [0.25, 0.3) is 0 Å². The van der Waals surface area contributed by atoms with Crippen molar-refractivity contribution in [1.29, 1.82) is 0 Å². The Bertz CT molecular complexity index is 850. The Kier molecular flexibility index (Phi) is 5.59. The molecule has 2 aromatic rings. The number of nitrogens with zero attached hydrogens (tertiary/aromatic N) is 1. The Hall–Kier alpha value is -3.09. The lowest BCUT2D eigenvalue weighted by molar-refractivity contribution is -0.123. The molecule has 1 aromatic heterocycles. The first kappa shape index (κ1) is 18.7. The van der Waals surface area contributed by atoms with Gasteiger partial charge in [-0.15, -0.1) is 0 Å². The Morgan fingerprint density at radius 1 is 1.15 bits per heavy atom. The maximum atomic E-state index is 12.9. The highest BCUT2D eigenvalue weighted by Crippen LogP contribution is 2.23. The number of nitrogens with one attached hydrogen (secondary N) is 1. The molecule has 0 radical (unpaired) electrons. The van der Waals surface area contributed by atoms with Crippen molar-refractivity contribution in [3.8, 4) is 0 Å². The lowest BCUT2D eigenvalue weighted by Crippen LogP contribution is -2.42. The number of likely N-dealkylation sites (tertiary alicyclic amines) is 1. The number of para-hydroxylation sites is 1. The molecule has 1 saturated heterocycles. The second-order valence-electron chi connectivity index (χ2n) is 6.59. The molecular formula is C20H23N3O4. The van der Waals surface area contributed by atoms with E-state index in [1.165, 1.54) is 0 Å². The van der Waals surface area contributed by atoms with Crippen molar-refractivity contribution in [3.63, 3.8) is 0 Å². The minimum atomic E-state index is -0.401. The highest BCUT2D eigenvalue weighted by atomic mass is 16.3. The third-order valence-electron chi connectivity index (χ3n) is 4.82. The van der Waals surface area contributed by atoms with Gasteiger partial charge in [0.15, 0.2) is 5.76 Å². The van der Waals surface area contributed by atoms with E-state index in [0.29, 0.717) is 43.6 Å². The molecule has 7 nitrogen and oxygen atoms in total. The van der Waals surface area contributed by atoms with Gasteiger partial charge < -0.3 is 20.4 Å². The molecule has 7 heteroatoms. The molecule has 3 rings (SSSR count). The fraction of sp³-hybridized carbons (Fsp3) is 0.350. The molecule has 0 atom stereocenters.